The Balaban J connectivity index is 2.23. The number of methoxy groups -OCH3 is 1. The molecule has 2 rings (SSSR count). The zero-order valence-electron chi connectivity index (χ0n) is 9.17. The van der Waals surface area contributed by atoms with Gasteiger partial charge in [-0.15, -0.1) is 0 Å². The van der Waals surface area contributed by atoms with Crippen LogP contribution in [0.25, 0.3) is 0 Å². The van der Waals surface area contributed by atoms with Gasteiger partial charge in [-0.3, -0.25) is 0 Å². The zero-order chi connectivity index (χ0) is 11.4. The summed E-state index contributed by atoms with van der Waals surface area (Å²) in [7, 11) is 1.70. The lowest BCUT2D eigenvalue weighted by molar-refractivity contribution is 0.0803. The Morgan fingerprint density at radius 1 is 1.12 bits per heavy atom. The summed E-state index contributed by atoms with van der Waals surface area (Å²) in [6, 6.07) is 12.0. The highest BCUT2D eigenvalue weighted by Gasteiger charge is 2.20. The van der Waals surface area contributed by atoms with Crippen molar-refractivity contribution in [1.82, 2.24) is 0 Å². The van der Waals surface area contributed by atoms with E-state index in [1.54, 1.807) is 18.4 Å². The first-order valence-electron chi connectivity index (χ1n) is 5.18. The van der Waals surface area contributed by atoms with Crippen molar-refractivity contribution in [2.24, 2.45) is 5.73 Å². The van der Waals surface area contributed by atoms with Crippen molar-refractivity contribution >= 4 is 11.3 Å². The summed E-state index contributed by atoms with van der Waals surface area (Å²) >= 11 is 1.66. The minimum atomic E-state index is -0.112. The fraction of sp³-hybridized carbons (Fsp3) is 0.231. The third kappa shape index (κ3) is 2.32. The smallest absolute Gasteiger partial charge is 0.101 e. The molecule has 0 fully saturated rings. The summed E-state index contributed by atoms with van der Waals surface area (Å²) in [5.41, 5.74) is 8.45. The molecule has 0 saturated heterocycles. The highest BCUT2D eigenvalue weighted by molar-refractivity contribution is 7.07. The van der Waals surface area contributed by atoms with E-state index >= 15 is 0 Å². The van der Waals surface area contributed by atoms with Crippen molar-refractivity contribution in [3.8, 4) is 0 Å². The van der Waals surface area contributed by atoms with Gasteiger partial charge in [-0.2, -0.15) is 11.3 Å². The molecule has 16 heavy (non-hydrogen) atoms. The van der Waals surface area contributed by atoms with Gasteiger partial charge in [0.1, 0.15) is 6.10 Å². The molecule has 0 bridgehead atoms. The van der Waals surface area contributed by atoms with Gasteiger partial charge >= 0.3 is 0 Å². The van der Waals surface area contributed by atoms with E-state index in [0.717, 1.165) is 11.1 Å². The van der Waals surface area contributed by atoms with Crippen molar-refractivity contribution in [2.45, 2.75) is 12.1 Å². The number of rotatable bonds is 4. The lowest BCUT2D eigenvalue weighted by Gasteiger charge is -2.22. The molecular formula is C13H15NOS. The maximum atomic E-state index is 6.21. The van der Waals surface area contributed by atoms with E-state index in [9.17, 15) is 0 Å². The second-order valence-corrected chi connectivity index (χ2v) is 4.43. The van der Waals surface area contributed by atoms with Crippen LogP contribution in [0.15, 0.2) is 47.2 Å². The molecule has 0 amide bonds. The lowest BCUT2D eigenvalue weighted by atomic mass is 9.98. The molecule has 2 unspecified atom stereocenters. The molecule has 1 aromatic carbocycles. The number of thiophene rings is 1. The van der Waals surface area contributed by atoms with Gasteiger partial charge in [0.15, 0.2) is 0 Å². The van der Waals surface area contributed by atoms with Crippen molar-refractivity contribution < 1.29 is 4.74 Å². The molecule has 2 nitrogen and oxygen atoms in total. The molecule has 0 radical (unpaired) electrons. The quantitative estimate of drug-likeness (QED) is 0.880. The number of nitrogens with two attached hydrogens (primary N) is 1. The van der Waals surface area contributed by atoms with Gasteiger partial charge in [0, 0.05) is 7.11 Å². The number of hydrogen-bond acceptors (Lipinski definition) is 3. The van der Waals surface area contributed by atoms with Crippen LogP contribution in [0.3, 0.4) is 0 Å². The summed E-state index contributed by atoms with van der Waals surface area (Å²) in [5, 5.41) is 4.10. The predicted octanol–water partition coefficient (Wildman–Crippen LogP) is 3.14. The largest absolute Gasteiger partial charge is 0.375 e. The van der Waals surface area contributed by atoms with E-state index < -0.39 is 0 Å². The van der Waals surface area contributed by atoms with E-state index in [2.05, 4.69) is 5.38 Å². The molecule has 0 aliphatic heterocycles. The first kappa shape index (κ1) is 11.3. The van der Waals surface area contributed by atoms with Gasteiger partial charge < -0.3 is 10.5 Å². The molecule has 0 spiro atoms. The second kappa shape index (κ2) is 5.25. The summed E-state index contributed by atoms with van der Waals surface area (Å²) in [4.78, 5) is 0. The maximum absolute atomic E-state index is 6.21. The molecule has 1 heterocycles. The Morgan fingerprint density at radius 3 is 2.44 bits per heavy atom. The second-order valence-electron chi connectivity index (χ2n) is 3.65. The molecule has 3 heteroatoms. The van der Waals surface area contributed by atoms with Crippen molar-refractivity contribution in [2.75, 3.05) is 7.11 Å². The van der Waals surface area contributed by atoms with Crippen LogP contribution in [0.4, 0.5) is 0 Å². The molecule has 0 saturated carbocycles. The Hall–Kier alpha value is -1.16. The summed E-state index contributed by atoms with van der Waals surface area (Å²) in [6.07, 6.45) is -0.0872. The van der Waals surface area contributed by atoms with E-state index in [0.29, 0.717) is 0 Å². The van der Waals surface area contributed by atoms with Gasteiger partial charge in [-0.25, -0.2) is 0 Å². The first-order valence-corrected chi connectivity index (χ1v) is 6.12. The highest BCUT2D eigenvalue weighted by Crippen LogP contribution is 2.30. The lowest BCUT2D eigenvalue weighted by Crippen LogP contribution is -2.20. The van der Waals surface area contributed by atoms with Crippen LogP contribution in [-0.2, 0) is 4.74 Å². The van der Waals surface area contributed by atoms with Gasteiger partial charge in [-0.1, -0.05) is 30.3 Å². The Labute approximate surface area is 99.7 Å². The van der Waals surface area contributed by atoms with Crippen LogP contribution >= 0.6 is 11.3 Å². The zero-order valence-corrected chi connectivity index (χ0v) is 9.98. The molecule has 1 aromatic heterocycles. The van der Waals surface area contributed by atoms with Crippen molar-refractivity contribution in [3.05, 3.63) is 58.3 Å². The Bertz CT molecular complexity index is 413. The van der Waals surface area contributed by atoms with E-state index in [-0.39, 0.29) is 12.1 Å². The van der Waals surface area contributed by atoms with Crippen LogP contribution in [0.5, 0.6) is 0 Å². The third-order valence-electron chi connectivity index (χ3n) is 2.64. The van der Waals surface area contributed by atoms with Gasteiger partial charge in [0.2, 0.25) is 0 Å². The average Bonchev–Trinajstić information content (AvgIpc) is 2.85. The van der Waals surface area contributed by atoms with Crippen LogP contribution in [-0.4, -0.2) is 7.11 Å². The molecule has 0 aliphatic rings. The number of ether oxygens (including phenoxy) is 1. The van der Waals surface area contributed by atoms with E-state index in [1.165, 1.54) is 0 Å². The fourth-order valence-electron chi connectivity index (χ4n) is 1.77. The topological polar surface area (TPSA) is 35.2 Å². The molecule has 2 N–H and O–H groups in total. The van der Waals surface area contributed by atoms with Crippen LogP contribution in [0, 0.1) is 0 Å². The standard InChI is InChI=1S/C13H15NOS/c1-15-13(10-5-3-2-4-6-10)12(14)11-7-8-16-9-11/h2-9,12-13H,14H2,1H3. The number of hydrogen-bond donors (Lipinski definition) is 1. The van der Waals surface area contributed by atoms with Crippen LogP contribution in [0.2, 0.25) is 0 Å². The molecule has 0 aliphatic carbocycles. The molecule has 2 aromatic rings. The van der Waals surface area contributed by atoms with Gasteiger partial charge in [0.05, 0.1) is 6.04 Å². The molecular weight excluding hydrogens is 218 g/mol. The Kier molecular flexibility index (Phi) is 3.72. The SMILES string of the molecule is COC(c1ccccc1)C(N)c1ccsc1. The van der Waals surface area contributed by atoms with Crippen molar-refractivity contribution in [1.29, 1.82) is 0 Å². The average molecular weight is 233 g/mol. The minimum absolute atomic E-state index is 0.0872. The van der Waals surface area contributed by atoms with Gasteiger partial charge in [-0.05, 0) is 28.0 Å². The van der Waals surface area contributed by atoms with E-state index in [4.69, 9.17) is 10.5 Å². The number of benzene rings is 1. The maximum Gasteiger partial charge on any atom is 0.101 e. The van der Waals surface area contributed by atoms with Crippen molar-refractivity contribution in [3.63, 3.8) is 0 Å². The molecule has 2 atom stereocenters. The van der Waals surface area contributed by atoms with Gasteiger partial charge in [0.25, 0.3) is 0 Å². The predicted molar refractivity (Wildman–Crippen MR) is 67.4 cm³/mol. The fourth-order valence-corrected chi connectivity index (χ4v) is 2.48. The summed E-state index contributed by atoms with van der Waals surface area (Å²) < 4.78 is 5.50. The Morgan fingerprint density at radius 2 is 1.88 bits per heavy atom. The van der Waals surface area contributed by atoms with Crippen LogP contribution in [0.1, 0.15) is 23.3 Å². The van der Waals surface area contributed by atoms with E-state index in [1.807, 2.05) is 41.8 Å². The normalized spacial score (nSPS) is 14.6. The molecule has 84 valence electrons. The minimum Gasteiger partial charge on any atom is -0.375 e. The van der Waals surface area contributed by atoms with Crippen LogP contribution < -0.4 is 5.73 Å². The highest BCUT2D eigenvalue weighted by atomic mass is 32.1. The summed E-state index contributed by atoms with van der Waals surface area (Å²) in [6.45, 7) is 0. The third-order valence-corrected chi connectivity index (χ3v) is 3.34. The first-order chi connectivity index (χ1) is 7.83. The summed E-state index contributed by atoms with van der Waals surface area (Å²) in [5.74, 6) is 0. The monoisotopic (exact) mass is 233 g/mol.